The number of terminal acetylenes is 1. The predicted octanol–water partition coefficient (Wildman–Crippen LogP) is 2.86. The standard InChI is InChI=1S/C16H14ClF3N2O3/c1-2-14(23)22(12-5-3-4-10(12)15(21)24)9-6-7-13(11(17)8-9)25-16(18,19)20/h1,6-8,10,12H,3-5H2,(H2,21,24). The highest BCUT2D eigenvalue weighted by Crippen LogP contribution is 2.37. The first-order valence-corrected chi connectivity index (χ1v) is 7.66. The Morgan fingerprint density at radius 3 is 2.56 bits per heavy atom. The van der Waals surface area contributed by atoms with Gasteiger partial charge in [-0.15, -0.1) is 19.6 Å². The number of benzene rings is 1. The third-order valence-electron chi connectivity index (χ3n) is 3.94. The van der Waals surface area contributed by atoms with E-state index < -0.39 is 35.9 Å². The van der Waals surface area contributed by atoms with E-state index in [4.69, 9.17) is 23.8 Å². The van der Waals surface area contributed by atoms with Crippen molar-refractivity contribution in [3.63, 3.8) is 0 Å². The maximum absolute atomic E-state index is 12.3. The fourth-order valence-electron chi connectivity index (χ4n) is 2.96. The fraction of sp³-hybridized carbons (Fsp3) is 0.375. The molecule has 25 heavy (non-hydrogen) atoms. The zero-order valence-corrected chi connectivity index (χ0v) is 13.6. The van der Waals surface area contributed by atoms with Gasteiger partial charge in [0.2, 0.25) is 5.91 Å². The predicted molar refractivity (Wildman–Crippen MR) is 84.8 cm³/mol. The SMILES string of the molecule is C#CC(=O)N(c1ccc(OC(F)(F)F)c(Cl)c1)C1CCCC1C(N)=O. The lowest BCUT2D eigenvalue weighted by molar-refractivity contribution is -0.274. The molecular weight excluding hydrogens is 361 g/mol. The average molecular weight is 375 g/mol. The van der Waals surface area contributed by atoms with Crippen LogP contribution in [0.4, 0.5) is 18.9 Å². The topological polar surface area (TPSA) is 72.6 Å². The van der Waals surface area contributed by atoms with Gasteiger partial charge in [-0.2, -0.15) is 0 Å². The van der Waals surface area contributed by atoms with Gasteiger partial charge in [-0.1, -0.05) is 18.0 Å². The van der Waals surface area contributed by atoms with Crippen LogP contribution in [0.3, 0.4) is 0 Å². The van der Waals surface area contributed by atoms with Crippen molar-refractivity contribution >= 4 is 29.1 Å². The van der Waals surface area contributed by atoms with Crippen LogP contribution in [0.25, 0.3) is 0 Å². The minimum atomic E-state index is -4.90. The molecule has 0 saturated heterocycles. The molecule has 0 aliphatic heterocycles. The number of rotatable bonds is 4. The van der Waals surface area contributed by atoms with Crippen molar-refractivity contribution in [3.8, 4) is 18.1 Å². The third kappa shape index (κ3) is 4.37. The van der Waals surface area contributed by atoms with E-state index in [1.807, 2.05) is 5.92 Å². The largest absolute Gasteiger partial charge is 0.573 e. The number of ether oxygens (including phenoxy) is 1. The molecule has 9 heteroatoms. The minimum Gasteiger partial charge on any atom is -0.404 e. The summed E-state index contributed by atoms with van der Waals surface area (Å²) in [6.45, 7) is 0. The average Bonchev–Trinajstić information content (AvgIpc) is 2.98. The first-order chi connectivity index (χ1) is 11.6. The number of hydrogen-bond donors (Lipinski definition) is 1. The van der Waals surface area contributed by atoms with Crippen LogP contribution in [-0.4, -0.2) is 24.2 Å². The van der Waals surface area contributed by atoms with E-state index >= 15 is 0 Å². The normalized spacial score (nSPS) is 20.0. The molecule has 0 aromatic heterocycles. The second kappa shape index (κ2) is 7.23. The molecule has 2 unspecified atom stereocenters. The van der Waals surface area contributed by atoms with E-state index in [2.05, 4.69) is 4.74 Å². The Hall–Kier alpha value is -2.40. The van der Waals surface area contributed by atoms with Crippen molar-refractivity contribution in [2.45, 2.75) is 31.7 Å². The molecule has 1 aliphatic carbocycles. The van der Waals surface area contributed by atoms with E-state index in [0.717, 1.165) is 12.1 Å². The highest BCUT2D eigenvalue weighted by Gasteiger charge is 2.39. The molecule has 1 fully saturated rings. The van der Waals surface area contributed by atoms with Gasteiger partial charge in [-0.05, 0) is 37.0 Å². The van der Waals surface area contributed by atoms with Crippen LogP contribution in [-0.2, 0) is 9.59 Å². The Morgan fingerprint density at radius 2 is 2.04 bits per heavy atom. The summed E-state index contributed by atoms with van der Waals surface area (Å²) < 4.78 is 40.8. The van der Waals surface area contributed by atoms with Crippen molar-refractivity contribution in [1.82, 2.24) is 0 Å². The van der Waals surface area contributed by atoms with Crippen LogP contribution in [0.1, 0.15) is 19.3 Å². The van der Waals surface area contributed by atoms with Crippen LogP contribution in [0.2, 0.25) is 5.02 Å². The van der Waals surface area contributed by atoms with Crippen LogP contribution in [0, 0.1) is 18.3 Å². The number of primary amides is 1. The molecule has 2 amide bonds. The molecule has 2 rings (SSSR count). The molecule has 1 aliphatic rings. The maximum atomic E-state index is 12.3. The highest BCUT2D eigenvalue weighted by atomic mass is 35.5. The summed E-state index contributed by atoms with van der Waals surface area (Å²) in [5, 5.41) is -0.349. The van der Waals surface area contributed by atoms with Gasteiger partial charge in [0, 0.05) is 11.7 Å². The first-order valence-electron chi connectivity index (χ1n) is 7.28. The summed E-state index contributed by atoms with van der Waals surface area (Å²) in [4.78, 5) is 24.9. The molecular formula is C16H14ClF3N2O3. The molecule has 1 aromatic rings. The smallest absolute Gasteiger partial charge is 0.404 e. The summed E-state index contributed by atoms with van der Waals surface area (Å²) in [5.74, 6) is -0.556. The molecule has 0 bridgehead atoms. The minimum absolute atomic E-state index is 0.167. The number of anilines is 1. The van der Waals surface area contributed by atoms with Crippen molar-refractivity contribution in [1.29, 1.82) is 0 Å². The van der Waals surface area contributed by atoms with E-state index in [0.29, 0.717) is 19.3 Å². The number of amides is 2. The Bertz CT molecular complexity index is 730. The van der Waals surface area contributed by atoms with Crippen LogP contribution in [0.5, 0.6) is 5.75 Å². The molecule has 0 heterocycles. The summed E-state index contributed by atoms with van der Waals surface area (Å²) in [6, 6.07) is 2.76. The number of nitrogens with zero attached hydrogens (tertiary/aromatic N) is 1. The quantitative estimate of drug-likeness (QED) is 0.824. The lowest BCUT2D eigenvalue weighted by Crippen LogP contribution is -2.45. The van der Waals surface area contributed by atoms with Gasteiger partial charge in [0.1, 0.15) is 5.75 Å². The summed E-state index contributed by atoms with van der Waals surface area (Å²) >= 11 is 5.83. The van der Waals surface area contributed by atoms with E-state index in [1.54, 1.807) is 0 Å². The second-order valence-corrected chi connectivity index (χ2v) is 5.90. The van der Waals surface area contributed by atoms with E-state index in [9.17, 15) is 22.8 Å². The summed E-state index contributed by atoms with van der Waals surface area (Å²) in [5.41, 5.74) is 5.54. The number of nitrogens with two attached hydrogens (primary N) is 1. The molecule has 134 valence electrons. The lowest BCUT2D eigenvalue weighted by Gasteiger charge is -2.30. The summed E-state index contributed by atoms with van der Waals surface area (Å²) in [7, 11) is 0. The molecule has 1 aromatic carbocycles. The number of carbonyl (C=O) groups is 2. The van der Waals surface area contributed by atoms with Gasteiger partial charge < -0.3 is 10.5 Å². The Labute approximate surface area is 146 Å². The molecule has 1 saturated carbocycles. The highest BCUT2D eigenvalue weighted by molar-refractivity contribution is 6.32. The molecule has 0 spiro atoms. The van der Waals surface area contributed by atoms with Gasteiger partial charge in [-0.3, -0.25) is 14.5 Å². The van der Waals surface area contributed by atoms with Crippen LogP contribution >= 0.6 is 11.6 Å². The van der Waals surface area contributed by atoms with Gasteiger partial charge in [-0.25, -0.2) is 0 Å². The van der Waals surface area contributed by atoms with Crippen molar-refractivity contribution in [2.75, 3.05) is 4.90 Å². The molecule has 2 atom stereocenters. The van der Waals surface area contributed by atoms with E-state index in [1.165, 1.54) is 11.0 Å². The van der Waals surface area contributed by atoms with E-state index in [-0.39, 0.29) is 10.7 Å². The Morgan fingerprint density at radius 1 is 1.36 bits per heavy atom. The maximum Gasteiger partial charge on any atom is 0.573 e. The van der Waals surface area contributed by atoms with Crippen LogP contribution < -0.4 is 15.4 Å². The number of carbonyl (C=O) groups excluding carboxylic acids is 2. The lowest BCUT2D eigenvalue weighted by atomic mass is 10.0. The monoisotopic (exact) mass is 374 g/mol. The van der Waals surface area contributed by atoms with Crippen LogP contribution in [0.15, 0.2) is 18.2 Å². The van der Waals surface area contributed by atoms with Gasteiger partial charge in [0.25, 0.3) is 0 Å². The second-order valence-electron chi connectivity index (χ2n) is 5.49. The summed E-state index contributed by atoms with van der Waals surface area (Å²) in [6.07, 6.45) is 1.93. The van der Waals surface area contributed by atoms with Crippen molar-refractivity contribution in [2.24, 2.45) is 11.7 Å². The molecule has 5 nitrogen and oxygen atoms in total. The zero-order chi connectivity index (χ0) is 18.8. The number of halogens is 4. The van der Waals surface area contributed by atoms with Gasteiger partial charge in [0.15, 0.2) is 0 Å². The van der Waals surface area contributed by atoms with Gasteiger partial charge >= 0.3 is 12.3 Å². The molecule has 2 N–H and O–H groups in total. The van der Waals surface area contributed by atoms with Crippen molar-refractivity contribution < 1.29 is 27.5 Å². The Kier molecular flexibility index (Phi) is 5.48. The fourth-order valence-corrected chi connectivity index (χ4v) is 3.17. The number of hydrogen-bond acceptors (Lipinski definition) is 3. The first kappa shape index (κ1) is 18.9. The molecule has 0 radical (unpaired) electrons. The Balaban J connectivity index is 2.39. The van der Waals surface area contributed by atoms with Crippen molar-refractivity contribution in [3.05, 3.63) is 23.2 Å². The third-order valence-corrected chi connectivity index (χ3v) is 4.23. The zero-order valence-electron chi connectivity index (χ0n) is 12.8. The van der Waals surface area contributed by atoms with Gasteiger partial charge in [0.05, 0.1) is 10.9 Å². The number of alkyl halides is 3.